The largest absolute Gasteiger partial charge is 0.497 e. The maximum atomic E-state index is 14.0. The fourth-order valence-corrected chi connectivity index (χ4v) is 3.94. The van der Waals surface area contributed by atoms with E-state index >= 15 is 0 Å². The molecule has 3 aromatic rings. The molecule has 0 aliphatic heterocycles. The number of carbonyl (C=O) groups excluding carboxylic acids is 1. The van der Waals surface area contributed by atoms with Crippen molar-refractivity contribution < 1.29 is 18.7 Å². The number of thioether (sulfide) groups is 1. The van der Waals surface area contributed by atoms with Gasteiger partial charge in [0.15, 0.2) is 28.7 Å². The molecule has 0 fully saturated rings. The number of halogens is 1. The number of benzene rings is 2. The zero-order valence-electron chi connectivity index (χ0n) is 19.2. The summed E-state index contributed by atoms with van der Waals surface area (Å²) in [7, 11) is 1.62. The van der Waals surface area contributed by atoms with Crippen LogP contribution in [0.2, 0.25) is 0 Å². The average Bonchev–Trinajstić information content (AvgIpc) is 3.20. The summed E-state index contributed by atoms with van der Waals surface area (Å²) in [5, 5.41) is 12.1. The third-order valence-electron chi connectivity index (χ3n) is 4.78. The lowest BCUT2D eigenvalue weighted by molar-refractivity contribution is -0.118. The van der Waals surface area contributed by atoms with Gasteiger partial charge in [-0.3, -0.25) is 4.79 Å². The molecular formula is C24H29FN4O3S. The van der Waals surface area contributed by atoms with E-state index in [-0.39, 0.29) is 17.4 Å². The number of carbonyl (C=O) groups is 1. The molecule has 9 heteroatoms. The molecule has 7 nitrogen and oxygen atoms in total. The SMILES string of the molecule is COc1ccc(CNC(=O)CSc2nnc(C(C)Oc3ccccc3F)n2CC(C)C)cc1. The molecule has 1 heterocycles. The monoisotopic (exact) mass is 472 g/mol. The van der Waals surface area contributed by atoms with Crippen LogP contribution >= 0.6 is 11.8 Å². The van der Waals surface area contributed by atoms with Crippen molar-refractivity contribution in [2.75, 3.05) is 12.9 Å². The van der Waals surface area contributed by atoms with Crippen molar-refractivity contribution >= 4 is 17.7 Å². The molecule has 2 aromatic carbocycles. The van der Waals surface area contributed by atoms with Crippen LogP contribution in [-0.4, -0.2) is 33.5 Å². The van der Waals surface area contributed by atoms with Crippen LogP contribution in [0.15, 0.2) is 53.7 Å². The van der Waals surface area contributed by atoms with Gasteiger partial charge in [0.05, 0.1) is 12.9 Å². The first-order valence-corrected chi connectivity index (χ1v) is 11.7. The number of ether oxygens (including phenoxy) is 2. The smallest absolute Gasteiger partial charge is 0.230 e. The van der Waals surface area contributed by atoms with Gasteiger partial charge in [0.1, 0.15) is 5.75 Å². The van der Waals surface area contributed by atoms with Crippen molar-refractivity contribution in [2.45, 2.75) is 45.1 Å². The van der Waals surface area contributed by atoms with E-state index in [0.29, 0.717) is 30.0 Å². The van der Waals surface area contributed by atoms with Gasteiger partial charge >= 0.3 is 0 Å². The Morgan fingerprint density at radius 1 is 1.12 bits per heavy atom. The maximum absolute atomic E-state index is 14.0. The molecular weight excluding hydrogens is 443 g/mol. The van der Waals surface area contributed by atoms with E-state index in [2.05, 4.69) is 29.4 Å². The molecule has 1 unspecified atom stereocenters. The number of rotatable bonds is 11. The minimum absolute atomic E-state index is 0.105. The molecule has 1 amide bonds. The summed E-state index contributed by atoms with van der Waals surface area (Å²) in [6.45, 7) is 7.07. The number of aromatic nitrogens is 3. The van der Waals surface area contributed by atoms with Crippen LogP contribution in [0.4, 0.5) is 4.39 Å². The fourth-order valence-electron chi connectivity index (χ4n) is 3.15. The quantitative estimate of drug-likeness (QED) is 0.410. The van der Waals surface area contributed by atoms with Crippen molar-refractivity contribution in [1.29, 1.82) is 0 Å². The molecule has 176 valence electrons. The lowest BCUT2D eigenvalue weighted by Gasteiger charge is -2.18. The molecule has 0 spiro atoms. The molecule has 3 rings (SSSR count). The van der Waals surface area contributed by atoms with Gasteiger partial charge < -0.3 is 19.4 Å². The lowest BCUT2D eigenvalue weighted by Crippen LogP contribution is -2.24. The van der Waals surface area contributed by atoms with Gasteiger partial charge in [0.2, 0.25) is 5.91 Å². The Morgan fingerprint density at radius 2 is 1.85 bits per heavy atom. The second-order valence-electron chi connectivity index (χ2n) is 7.95. The lowest BCUT2D eigenvalue weighted by atomic mass is 10.2. The van der Waals surface area contributed by atoms with Crippen molar-refractivity contribution in [2.24, 2.45) is 5.92 Å². The number of hydrogen-bond donors (Lipinski definition) is 1. The molecule has 0 saturated heterocycles. The highest BCUT2D eigenvalue weighted by Gasteiger charge is 2.21. The summed E-state index contributed by atoms with van der Waals surface area (Å²) >= 11 is 1.31. The van der Waals surface area contributed by atoms with Crippen LogP contribution in [0, 0.1) is 11.7 Å². The van der Waals surface area contributed by atoms with Gasteiger partial charge in [-0.1, -0.05) is 49.9 Å². The van der Waals surface area contributed by atoms with Crippen LogP contribution in [0.5, 0.6) is 11.5 Å². The molecule has 1 N–H and O–H groups in total. The van der Waals surface area contributed by atoms with Gasteiger partial charge in [0, 0.05) is 13.1 Å². The predicted molar refractivity (Wildman–Crippen MR) is 126 cm³/mol. The topological polar surface area (TPSA) is 78.3 Å². The first-order chi connectivity index (χ1) is 15.9. The highest BCUT2D eigenvalue weighted by atomic mass is 32.2. The second-order valence-corrected chi connectivity index (χ2v) is 8.89. The number of methoxy groups -OCH3 is 1. The van der Waals surface area contributed by atoms with Crippen LogP contribution in [-0.2, 0) is 17.9 Å². The molecule has 1 aromatic heterocycles. The summed E-state index contributed by atoms with van der Waals surface area (Å²) in [6.07, 6.45) is -0.508. The summed E-state index contributed by atoms with van der Waals surface area (Å²) in [6, 6.07) is 13.8. The van der Waals surface area contributed by atoms with Gasteiger partial charge in [-0.25, -0.2) is 4.39 Å². The van der Waals surface area contributed by atoms with Crippen molar-refractivity contribution in [3.8, 4) is 11.5 Å². The van der Waals surface area contributed by atoms with E-state index in [0.717, 1.165) is 11.3 Å². The van der Waals surface area contributed by atoms with Gasteiger partial charge in [0.25, 0.3) is 0 Å². The summed E-state index contributed by atoms with van der Waals surface area (Å²) in [5.41, 5.74) is 0.985. The van der Waals surface area contributed by atoms with E-state index in [1.54, 1.807) is 25.3 Å². The van der Waals surface area contributed by atoms with Gasteiger partial charge in [-0.2, -0.15) is 0 Å². The number of nitrogens with zero attached hydrogens (tertiary/aromatic N) is 3. The van der Waals surface area contributed by atoms with Crippen LogP contribution in [0.1, 0.15) is 38.3 Å². The number of hydrogen-bond acceptors (Lipinski definition) is 6. The van der Waals surface area contributed by atoms with Crippen LogP contribution in [0.25, 0.3) is 0 Å². The van der Waals surface area contributed by atoms with E-state index in [1.165, 1.54) is 17.8 Å². The summed E-state index contributed by atoms with van der Waals surface area (Å²) in [4.78, 5) is 12.4. The Hall–Kier alpha value is -3.07. The molecule has 1 atom stereocenters. The third-order valence-corrected chi connectivity index (χ3v) is 5.75. The normalized spacial score (nSPS) is 11.9. The van der Waals surface area contributed by atoms with E-state index in [9.17, 15) is 9.18 Å². The standard InChI is InChI=1S/C24H29FN4O3S/c1-16(2)14-29-23(17(3)32-21-8-6-5-7-20(21)25)27-28-24(29)33-15-22(30)26-13-18-9-11-19(31-4)12-10-18/h5-12,16-17H,13-15H2,1-4H3,(H,26,30). The third kappa shape index (κ3) is 6.95. The Bertz CT molecular complexity index is 1060. The number of nitrogens with one attached hydrogen (secondary N) is 1. The summed E-state index contributed by atoms with van der Waals surface area (Å²) < 4.78 is 26.9. The van der Waals surface area contributed by atoms with Crippen molar-refractivity contribution in [1.82, 2.24) is 20.1 Å². The van der Waals surface area contributed by atoms with Crippen LogP contribution in [0.3, 0.4) is 0 Å². The molecule has 0 bridgehead atoms. The Kier molecular flexibility index (Phi) is 8.71. The molecule has 0 saturated carbocycles. The van der Waals surface area contributed by atoms with Crippen LogP contribution < -0.4 is 14.8 Å². The Balaban J connectivity index is 1.62. The van der Waals surface area contributed by atoms with Gasteiger partial charge in [-0.05, 0) is 42.7 Å². The highest BCUT2D eigenvalue weighted by molar-refractivity contribution is 7.99. The minimum Gasteiger partial charge on any atom is -0.497 e. The first-order valence-electron chi connectivity index (χ1n) is 10.7. The zero-order chi connectivity index (χ0) is 23.8. The molecule has 33 heavy (non-hydrogen) atoms. The molecule has 0 aliphatic carbocycles. The molecule has 0 radical (unpaired) electrons. The van der Waals surface area contributed by atoms with E-state index in [4.69, 9.17) is 9.47 Å². The zero-order valence-corrected chi connectivity index (χ0v) is 20.1. The first kappa shape index (κ1) is 24.6. The average molecular weight is 473 g/mol. The Morgan fingerprint density at radius 3 is 2.52 bits per heavy atom. The van der Waals surface area contributed by atoms with Gasteiger partial charge in [-0.15, -0.1) is 10.2 Å². The van der Waals surface area contributed by atoms with E-state index in [1.807, 2.05) is 35.8 Å². The Labute approximate surface area is 197 Å². The fraction of sp³-hybridized carbons (Fsp3) is 0.375. The maximum Gasteiger partial charge on any atom is 0.230 e. The highest BCUT2D eigenvalue weighted by Crippen LogP contribution is 2.27. The van der Waals surface area contributed by atoms with E-state index < -0.39 is 11.9 Å². The second kappa shape index (κ2) is 11.7. The van der Waals surface area contributed by atoms with Crippen molar-refractivity contribution in [3.05, 3.63) is 65.7 Å². The predicted octanol–water partition coefficient (Wildman–Crippen LogP) is 4.63. The van der Waals surface area contributed by atoms with Crippen molar-refractivity contribution in [3.63, 3.8) is 0 Å². The molecule has 0 aliphatic rings. The number of amides is 1. The minimum atomic E-state index is -0.508. The summed E-state index contributed by atoms with van der Waals surface area (Å²) in [5.74, 6) is 1.52. The number of para-hydroxylation sites is 1.